The highest BCUT2D eigenvalue weighted by Crippen LogP contribution is 2.23. The molecule has 0 spiro atoms. The number of methoxy groups -OCH3 is 1. The van der Waals surface area contributed by atoms with Gasteiger partial charge < -0.3 is 14.6 Å². The Labute approximate surface area is 140 Å². The van der Waals surface area contributed by atoms with Gasteiger partial charge in [-0.2, -0.15) is 0 Å². The van der Waals surface area contributed by atoms with Crippen LogP contribution in [0.15, 0.2) is 59.1 Å². The van der Waals surface area contributed by atoms with E-state index in [9.17, 15) is 4.79 Å². The van der Waals surface area contributed by atoms with Gasteiger partial charge in [-0.05, 0) is 42.8 Å². The van der Waals surface area contributed by atoms with E-state index in [0.717, 1.165) is 16.9 Å². The molecule has 0 atom stereocenters. The summed E-state index contributed by atoms with van der Waals surface area (Å²) in [4.78, 5) is 12.2. The number of benzene rings is 2. The standard InChI is InChI=1S/C19H18N2O3/c1-13-5-3-4-6-17(13)19(22)20-12-15-11-18(24-21-15)14-7-9-16(23-2)10-8-14/h3-11H,12H2,1-2H3,(H,20,22). The Kier molecular flexibility index (Phi) is 4.61. The van der Waals surface area contributed by atoms with E-state index in [-0.39, 0.29) is 5.91 Å². The van der Waals surface area contributed by atoms with Gasteiger partial charge in [0.05, 0.1) is 13.7 Å². The van der Waals surface area contributed by atoms with Gasteiger partial charge >= 0.3 is 0 Å². The lowest BCUT2D eigenvalue weighted by Crippen LogP contribution is -2.23. The van der Waals surface area contributed by atoms with Crippen molar-refractivity contribution in [3.63, 3.8) is 0 Å². The van der Waals surface area contributed by atoms with Crippen molar-refractivity contribution in [2.24, 2.45) is 0 Å². The summed E-state index contributed by atoms with van der Waals surface area (Å²) in [5, 5.41) is 6.86. The minimum Gasteiger partial charge on any atom is -0.497 e. The Morgan fingerprint density at radius 1 is 1.17 bits per heavy atom. The van der Waals surface area contributed by atoms with Crippen LogP contribution in [0.2, 0.25) is 0 Å². The fourth-order valence-electron chi connectivity index (χ4n) is 2.38. The molecule has 24 heavy (non-hydrogen) atoms. The van der Waals surface area contributed by atoms with E-state index in [4.69, 9.17) is 9.26 Å². The number of nitrogens with zero attached hydrogens (tertiary/aromatic N) is 1. The van der Waals surface area contributed by atoms with Gasteiger partial charge in [0.1, 0.15) is 11.4 Å². The van der Waals surface area contributed by atoms with Crippen LogP contribution in [0.5, 0.6) is 5.75 Å². The molecule has 5 heteroatoms. The number of carbonyl (C=O) groups excluding carboxylic acids is 1. The van der Waals surface area contributed by atoms with Crippen LogP contribution >= 0.6 is 0 Å². The maximum Gasteiger partial charge on any atom is 0.251 e. The Bertz CT molecular complexity index is 838. The third-order valence-electron chi connectivity index (χ3n) is 3.75. The van der Waals surface area contributed by atoms with Crippen molar-refractivity contribution in [2.75, 3.05) is 7.11 Å². The molecule has 1 aromatic heterocycles. The van der Waals surface area contributed by atoms with Crippen LogP contribution < -0.4 is 10.1 Å². The number of carbonyl (C=O) groups is 1. The van der Waals surface area contributed by atoms with Gasteiger partial charge in [0.2, 0.25) is 0 Å². The highest BCUT2D eigenvalue weighted by atomic mass is 16.5. The normalized spacial score (nSPS) is 10.4. The molecule has 0 bridgehead atoms. The summed E-state index contributed by atoms with van der Waals surface area (Å²) < 4.78 is 10.5. The summed E-state index contributed by atoms with van der Waals surface area (Å²) in [6.45, 7) is 2.22. The topological polar surface area (TPSA) is 64.4 Å². The zero-order chi connectivity index (χ0) is 16.9. The second-order valence-electron chi connectivity index (χ2n) is 5.41. The SMILES string of the molecule is COc1ccc(-c2cc(CNC(=O)c3ccccc3C)no2)cc1. The molecule has 3 rings (SSSR count). The second-order valence-corrected chi connectivity index (χ2v) is 5.41. The first-order valence-corrected chi connectivity index (χ1v) is 7.61. The molecular weight excluding hydrogens is 304 g/mol. The summed E-state index contributed by atoms with van der Waals surface area (Å²) in [6, 6.07) is 16.8. The molecule has 1 amide bonds. The summed E-state index contributed by atoms with van der Waals surface area (Å²) in [7, 11) is 1.62. The minimum absolute atomic E-state index is 0.123. The van der Waals surface area contributed by atoms with Crippen LogP contribution in [0.4, 0.5) is 0 Å². The van der Waals surface area contributed by atoms with E-state index in [1.807, 2.05) is 55.5 Å². The fourth-order valence-corrected chi connectivity index (χ4v) is 2.38. The molecule has 2 aromatic carbocycles. The Morgan fingerprint density at radius 2 is 1.92 bits per heavy atom. The zero-order valence-corrected chi connectivity index (χ0v) is 13.6. The van der Waals surface area contributed by atoms with Crippen molar-refractivity contribution >= 4 is 5.91 Å². The van der Waals surface area contributed by atoms with Crippen molar-refractivity contribution < 1.29 is 14.1 Å². The average Bonchev–Trinajstić information content (AvgIpc) is 3.09. The van der Waals surface area contributed by atoms with Crippen LogP contribution in [0.25, 0.3) is 11.3 Å². The highest BCUT2D eigenvalue weighted by Gasteiger charge is 2.11. The molecule has 0 aliphatic rings. The van der Waals surface area contributed by atoms with Gasteiger partial charge in [-0.3, -0.25) is 4.79 Å². The van der Waals surface area contributed by atoms with Crippen LogP contribution in [-0.4, -0.2) is 18.2 Å². The summed E-state index contributed by atoms with van der Waals surface area (Å²) in [5.41, 5.74) is 3.17. The summed E-state index contributed by atoms with van der Waals surface area (Å²) >= 11 is 0. The minimum atomic E-state index is -0.123. The molecule has 1 N–H and O–H groups in total. The Morgan fingerprint density at radius 3 is 2.62 bits per heavy atom. The molecular formula is C19H18N2O3. The third kappa shape index (κ3) is 3.46. The lowest BCUT2D eigenvalue weighted by Gasteiger charge is -2.05. The quantitative estimate of drug-likeness (QED) is 0.779. The monoisotopic (exact) mass is 322 g/mol. The van der Waals surface area contributed by atoms with Gasteiger partial charge in [0.15, 0.2) is 5.76 Å². The molecule has 0 fully saturated rings. The van der Waals surface area contributed by atoms with E-state index in [0.29, 0.717) is 23.6 Å². The number of aryl methyl sites for hydroxylation is 1. The maximum absolute atomic E-state index is 12.2. The molecule has 122 valence electrons. The first-order chi connectivity index (χ1) is 11.7. The van der Waals surface area contributed by atoms with Gasteiger partial charge in [-0.25, -0.2) is 0 Å². The van der Waals surface area contributed by atoms with Crippen LogP contribution in [0, 0.1) is 6.92 Å². The van der Waals surface area contributed by atoms with Crippen LogP contribution in [-0.2, 0) is 6.54 Å². The van der Waals surface area contributed by atoms with Crippen molar-refractivity contribution in [3.05, 3.63) is 71.4 Å². The first-order valence-electron chi connectivity index (χ1n) is 7.61. The number of amides is 1. The summed E-state index contributed by atoms with van der Waals surface area (Å²) in [5.74, 6) is 1.31. The number of hydrogen-bond acceptors (Lipinski definition) is 4. The van der Waals surface area contributed by atoms with Crippen molar-refractivity contribution in [2.45, 2.75) is 13.5 Å². The molecule has 0 aliphatic carbocycles. The molecule has 0 saturated carbocycles. The molecule has 3 aromatic rings. The number of hydrogen-bond donors (Lipinski definition) is 1. The first kappa shape index (κ1) is 15.8. The van der Waals surface area contributed by atoms with Gasteiger partial charge in [0.25, 0.3) is 5.91 Å². The van der Waals surface area contributed by atoms with Crippen LogP contribution in [0.3, 0.4) is 0 Å². The fraction of sp³-hybridized carbons (Fsp3) is 0.158. The third-order valence-corrected chi connectivity index (χ3v) is 3.75. The van der Waals surface area contributed by atoms with E-state index in [1.54, 1.807) is 13.2 Å². The highest BCUT2D eigenvalue weighted by molar-refractivity contribution is 5.95. The molecule has 1 heterocycles. The number of rotatable bonds is 5. The maximum atomic E-state index is 12.2. The van der Waals surface area contributed by atoms with E-state index >= 15 is 0 Å². The van der Waals surface area contributed by atoms with Gasteiger partial charge in [-0.15, -0.1) is 0 Å². The molecule has 5 nitrogen and oxygen atoms in total. The van der Waals surface area contributed by atoms with E-state index < -0.39 is 0 Å². The van der Waals surface area contributed by atoms with Crippen LogP contribution in [0.1, 0.15) is 21.6 Å². The Balaban J connectivity index is 1.66. The Hall–Kier alpha value is -3.08. The lowest BCUT2D eigenvalue weighted by atomic mass is 10.1. The number of nitrogens with one attached hydrogen (secondary N) is 1. The lowest BCUT2D eigenvalue weighted by molar-refractivity contribution is 0.0949. The van der Waals surface area contributed by atoms with E-state index in [2.05, 4.69) is 10.5 Å². The van der Waals surface area contributed by atoms with E-state index in [1.165, 1.54) is 0 Å². The van der Waals surface area contributed by atoms with Crippen molar-refractivity contribution in [3.8, 4) is 17.1 Å². The average molecular weight is 322 g/mol. The number of aromatic nitrogens is 1. The van der Waals surface area contributed by atoms with Crippen molar-refractivity contribution in [1.29, 1.82) is 0 Å². The second kappa shape index (κ2) is 7.00. The van der Waals surface area contributed by atoms with Gasteiger partial charge in [0, 0.05) is 17.2 Å². The zero-order valence-electron chi connectivity index (χ0n) is 13.6. The summed E-state index contributed by atoms with van der Waals surface area (Å²) in [6.07, 6.45) is 0. The van der Waals surface area contributed by atoms with Crippen molar-refractivity contribution in [1.82, 2.24) is 10.5 Å². The predicted molar refractivity (Wildman–Crippen MR) is 90.8 cm³/mol. The molecule has 0 unspecified atom stereocenters. The predicted octanol–water partition coefficient (Wildman–Crippen LogP) is 3.59. The smallest absolute Gasteiger partial charge is 0.251 e. The molecule has 0 saturated heterocycles. The largest absolute Gasteiger partial charge is 0.497 e. The van der Waals surface area contributed by atoms with Gasteiger partial charge in [-0.1, -0.05) is 23.4 Å². The number of ether oxygens (including phenoxy) is 1. The molecule has 0 aliphatic heterocycles. The molecule has 0 radical (unpaired) electrons.